The fraction of sp³-hybridized carbons (Fsp3) is 0.0625. The highest BCUT2D eigenvalue weighted by Gasteiger charge is 2.06. The van der Waals surface area contributed by atoms with Gasteiger partial charge in [-0.3, -0.25) is 12.9 Å². The summed E-state index contributed by atoms with van der Waals surface area (Å²) in [4.78, 5) is 4.45. The molecule has 2 nitrogen and oxygen atoms in total. The van der Waals surface area contributed by atoms with E-state index in [4.69, 9.17) is 0 Å². The van der Waals surface area contributed by atoms with E-state index in [9.17, 15) is 12.9 Å². The predicted molar refractivity (Wildman–Crippen MR) is 82.3 cm³/mol. The van der Waals surface area contributed by atoms with Gasteiger partial charge in [0.15, 0.2) is 0 Å². The summed E-state index contributed by atoms with van der Waals surface area (Å²) >= 11 is 0. The predicted octanol–water partition coefficient (Wildman–Crippen LogP) is 4.48. The van der Waals surface area contributed by atoms with Crippen LogP contribution < -0.4 is 0 Å². The van der Waals surface area contributed by atoms with Crippen LogP contribution in [-0.2, 0) is 6.54 Å². The molecule has 0 aliphatic carbocycles. The second kappa shape index (κ2) is 8.07. The minimum absolute atomic E-state index is 0.852. The fourth-order valence-electron chi connectivity index (χ4n) is 2.06. The van der Waals surface area contributed by atoms with Gasteiger partial charge in [-0.1, -0.05) is 60.7 Å². The van der Waals surface area contributed by atoms with E-state index < -0.39 is 7.54 Å². The molecule has 0 aliphatic rings. The third kappa shape index (κ3) is 4.80. The summed E-state index contributed by atoms with van der Waals surface area (Å²) < 4.78 is 31.2. The molecule has 0 spiro atoms. The smallest absolute Gasteiger partial charge is 0.327 e. The summed E-state index contributed by atoms with van der Waals surface area (Å²) in [6.07, 6.45) is 3.88. The third-order valence-corrected chi connectivity index (χ3v) is 2.94. The molecule has 0 saturated carbocycles. The van der Waals surface area contributed by atoms with Gasteiger partial charge in [-0.05, 0) is 5.56 Å². The summed E-state index contributed by atoms with van der Waals surface area (Å²) in [6, 6.07) is 20.7. The van der Waals surface area contributed by atoms with Crippen LogP contribution in [0.5, 0.6) is 0 Å². The molecule has 112 valence electrons. The van der Waals surface area contributed by atoms with Crippen molar-refractivity contribution in [3.63, 3.8) is 0 Å². The van der Waals surface area contributed by atoms with Gasteiger partial charge in [-0.25, -0.2) is 4.98 Å². The normalized spacial score (nSPS) is 9.77. The van der Waals surface area contributed by atoms with Gasteiger partial charge in [0.2, 0.25) is 0 Å². The maximum absolute atomic E-state index is 9.67. The van der Waals surface area contributed by atoms with E-state index in [1.54, 1.807) is 0 Å². The molecule has 3 aromatic rings. The lowest BCUT2D eigenvalue weighted by Gasteiger charge is -2.07. The largest absolute Gasteiger partial charge is 0.762 e. The first kappa shape index (κ1) is 15.9. The Bertz CT molecular complexity index is 669. The Morgan fingerprint density at radius 1 is 0.864 bits per heavy atom. The Kier molecular flexibility index (Phi) is 5.83. The highest BCUT2D eigenvalue weighted by Crippen LogP contribution is 2.17. The molecular weight excluding hydrogens is 288 g/mol. The summed E-state index contributed by atoms with van der Waals surface area (Å²) in [6.45, 7) is 0.852. The first-order valence-corrected chi connectivity index (χ1v) is 6.69. The van der Waals surface area contributed by atoms with Gasteiger partial charge < -0.3 is 4.57 Å². The minimum atomic E-state index is -3.67. The number of benzene rings is 2. The average molecular weight is 302 g/mol. The molecule has 0 N–H and O–H groups in total. The molecule has 0 unspecified atom stereocenters. The van der Waals surface area contributed by atoms with Crippen LogP contribution in [0, 0.1) is 0 Å². The van der Waals surface area contributed by atoms with Crippen LogP contribution >= 0.6 is 0 Å². The number of halogens is 3. The quantitative estimate of drug-likeness (QED) is 0.652. The maximum Gasteiger partial charge on any atom is 0.762 e. The van der Waals surface area contributed by atoms with Crippen molar-refractivity contribution in [2.45, 2.75) is 6.54 Å². The van der Waals surface area contributed by atoms with Crippen LogP contribution in [0.25, 0.3) is 11.4 Å². The minimum Gasteiger partial charge on any atom is -0.327 e. The highest BCUT2D eigenvalue weighted by molar-refractivity contribution is 6.33. The Hall–Kier alpha value is -2.50. The van der Waals surface area contributed by atoms with Gasteiger partial charge >= 0.3 is 7.54 Å². The van der Waals surface area contributed by atoms with Gasteiger partial charge in [0.05, 0.1) is 0 Å². The lowest BCUT2D eigenvalue weighted by Crippen LogP contribution is -2.00. The molecule has 0 saturated heterocycles. The second-order valence-electron chi connectivity index (χ2n) is 4.48. The van der Waals surface area contributed by atoms with Crippen LogP contribution in [0.3, 0.4) is 0 Å². The molecule has 3 rings (SSSR count). The first-order valence-electron chi connectivity index (χ1n) is 6.69. The van der Waals surface area contributed by atoms with E-state index in [2.05, 4.69) is 45.9 Å². The zero-order valence-corrected chi connectivity index (χ0v) is 11.7. The van der Waals surface area contributed by atoms with Crippen LogP contribution in [0.1, 0.15) is 5.56 Å². The first-order chi connectivity index (χ1) is 10.7. The number of hydrogen-bond donors (Lipinski definition) is 0. The molecular formula is C16H14BF3N2. The summed E-state index contributed by atoms with van der Waals surface area (Å²) in [5, 5.41) is 0. The lowest BCUT2D eigenvalue weighted by atomic mass is 10.2. The van der Waals surface area contributed by atoms with Crippen molar-refractivity contribution >= 4 is 7.54 Å². The van der Waals surface area contributed by atoms with E-state index in [0.717, 1.165) is 17.9 Å². The van der Waals surface area contributed by atoms with Gasteiger partial charge in [0.25, 0.3) is 0 Å². The highest BCUT2D eigenvalue weighted by atomic mass is 19.4. The van der Waals surface area contributed by atoms with Gasteiger partial charge in [0.1, 0.15) is 5.82 Å². The third-order valence-electron chi connectivity index (χ3n) is 2.94. The van der Waals surface area contributed by atoms with E-state index in [1.165, 1.54) is 5.56 Å². The molecule has 0 atom stereocenters. The average Bonchev–Trinajstić information content (AvgIpc) is 2.97. The van der Waals surface area contributed by atoms with Gasteiger partial charge in [0, 0.05) is 24.5 Å². The monoisotopic (exact) mass is 302 g/mol. The molecule has 2 aromatic carbocycles. The number of imidazole rings is 1. The molecule has 0 amide bonds. The number of aromatic nitrogens is 2. The number of rotatable bonds is 3. The maximum atomic E-state index is 9.67. The van der Waals surface area contributed by atoms with Gasteiger partial charge in [-0.15, -0.1) is 0 Å². The summed E-state index contributed by atoms with van der Waals surface area (Å²) in [5.41, 5.74) is 2.44. The topological polar surface area (TPSA) is 17.8 Å². The van der Waals surface area contributed by atoms with Crippen molar-refractivity contribution < 1.29 is 12.9 Å². The molecule has 1 aromatic heterocycles. The standard InChI is InChI=1S/C16H14N2.BF3/c1-3-7-14(8-4-1)13-18-12-11-17-16(18)15-9-5-2-6-10-15;2-1(3)4/h1-12H,13H2;. The molecule has 6 heteroatoms. The molecule has 0 aliphatic heterocycles. The van der Waals surface area contributed by atoms with E-state index in [0.29, 0.717) is 0 Å². The Morgan fingerprint density at radius 3 is 2.00 bits per heavy atom. The van der Waals surface area contributed by atoms with E-state index in [1.807, 2.05) is 36.7 Å². The SMILES string of the molecule is FB(F)F.c1ccc(Cn2ccnc2-c2ccccc2)cc1. The van der Waals surface area contributed by atoms with Crippen LogP contribution in [0.4, 0.5) is 12.9 Å². The summed E-state index contributed by atoms with van der Waals surface area (Å²) in [5.74, 6) is 1.01. The molecule has 1 heterocycles. The van der Waals surface area contributed by atoms with Crippen molar-refractivity contribution in [2.24, 2.45) is 0 Å². The second-order valence-corrected chi connectivity index (χ2v) is 4.48. The van der Waals surface area contributed by atoms with E-state index >= 15 is 0 Å². The number of hydrogen-bond acceptors (Lipinski definition) is 1. The lowest BCUT2D eigenvalue weighted by molar-refractivity contribution is 0.535. The van der Waals surface area contributed by atoms with Crippen LogP contribution in [0.15, 0.2) is 73.1 Å². The molecule has 0 radical (unpaired) electrons. The van der Waals surface area contributed by atoms with Crippen LogP contribution in [-0.4, -0.2) is 17.1 Å². The van der Waals surface area contributed by atoms with Crippen molar-refractivity contribution in [1.29, 1.82) is 0 Å². The van der Waals surface area contributed by atoms with E-state index in [-0.39, 0.29) is 0 Å². The van der Waals surface area contributed by atoms with Crippen molar-refractivity contribution in [3.8, 4) is 11.4 Å². The molecule has 0 bridgehead atoms. The molecule has 22 heavy (non-hydrogen) atoms. The van der Waals surface area contributed by atoms with Gasteiger partial charge in [-0.2, -0.15) is 0 Å². The van der Waals surface area contributed by atoms with Crippen molar-refractivity contribution in [1.82, 2.24) is 9.55 Å². The summed E-state index contributed by atoms with van der Waals surface area (Å²) in [7, 11) is -3.67. The fourth-order valence-corrected chi connectivity index (χ4v) is 2.06. The Labute approximate surface area is 127 Å². The number of nitrogens with zero attached hydrogens (tertiary/aromatic N) is 2. The Balaban J connectivity index is 0.000000396. The van der Waals surface area contributed by atoms with Crippen molar-refractivity contribution in [3.05, 3.63) is 78.6 Å². The van der Waals surface area contributed by atoms with Crippen LogP contribution in [0.2, 0.25) is 0 Å². The zero-order valence-electron chi connectivity index (χ0n) is 11.7. The Morgan fingerprint density at radius 2 is 1.41 bits per heavy atom. The van der Waals surface area contributed by atoms with Crippen molar-refractivity contribution in [2.75, 3.05) is 0 Å². The molecule has 0 fully saturated rings. The zero-order chi connectivity index (χ0) is 15.8.